The Labute approximate surface area is 141 Å². The van der Waals surface area contributed by atoms with Gasteiger partial charge in [0.2, 0.25) is 0 Å². The van der Waals surface area contributed by atoms with Crippen LogP contribution in [-0.2, 0) is 4.74 Å². The Morgan fingerprint density at radius 1 is 1.09 bits per heavy atom. The average Bonchev–Trinajstić information content (AvgIpc) is 2.60. The van der Waals surface area contributed by atoms with Crippen LogP contribution in [0.25, 0.3) is 0 Å². The fourth-order valence-electron chi connectivity index (χ4n) is 2.76. The summed E-state index contributed by atoms with van der Waals surface area (Å²) >= 11 is 6.12. The van der Waals surface area contributed by atoms with Gasteiger partial charge in [0.05, 0.1) is 18.8 Å². The molecule has 0 amide bonds. The third-order valence-electron chi connectivity index (χ3n) is 3.98. The number of phenolic OH excluding ortho intramolecular Hbond substituents is 1. The number of nitrogens with one attached hydrogen (secondary N) is 1. The van der Waals surface area contributed by atoms with Gasteiger partial charge in [-0.05, 0) is 36.3 Å². The first-order valence-corrected chi connectivity index (χ1v) is 8.09. The van der Waals surface area contributed by atoms with Crippen molar-refractivity contribution in [1.29, 1.82) is 0 Å². The lowest BCUT2D eigenvalue weighted by Crippen LogP contribution is -3.14. The Kier molecular flexibility index (Phi) is 5.19. The third-order valence-corrected chi connectivity index (χ3v) is 4.21. The second-order valence-electron chi connectivity index (χ2n) is 5.54. The smallest absolute Gasteiger partial charge is 0.179 e. The molecule has 1 aliphatic heterocycles. The number of phenols is 1. The Morgan fingerprint density at radius 3 is 2.57 bits per heavy atom. The molecular weight excluding hydrogens is 310 g/mol. The standard InChI is InChI=1S/C19H18ClNO2/c20-16-7-9-19(22)17(14-16)18(21-10-12-23-13-11-21)8-6-15-4-2-1-3-5-15/h1-5,7,9,14,18,22H,10-13H2/p+1/t18-/m1/s1. The zero-order valence-corrected chi connectivity index (χ0v) is 13.5. The Morgan fingerprint density at radius 2 is 1.83 bits per heavy atom. The monoisotopic (exact) mass is 328 g/mol. The molecule has 0 aromatic heterocycles. The SMILES string of the molecule is Oc1ccc(Cl)cc1[C@@H](C#Cc1ccccc1)[NH+]1CCOCC1. The number of rotatable bonds is 2. The highest BCUT2D eigenvalue weighted by Crippen LogP contribution is 2.26. The third kappa shape index (κ3) is 4.05. The molecule has 3 nitrogen and oxygen atoms in total. The molecule has 4 heteroatoms. The minimum absolute atomic E-state index is 0.127. The molecule has 0 saturated carbocycles. The molecule has 0 radical (unpaired) electrons. The van der Waals surface area contributed by atoms with Gasteiger partial charge in [-0.1, -0.05) is 35.7 Å². The van der Waals surface area contributed by atoms with E-state index in [1.807, 2.05) is 36.4 Å². The first-order chi connectivity index (χ1) is 11.2. The number of ether oxygens (including phenoxy) is 1. The van der Waals surface area contributed by atoms with Gasteiger partial charge in [-0.15, -0.1) is 0 Å². The van der Waals surface area contributed by atoms with E-state index in [-0.39, 0.29) is 11.8 Å². The zero-order valence-electron chi connectivity index (χ0n) is 12.8. The fourth-order valence-corrected chi connectivity index (χ4v) is 2.94. The average molecular weight is 329 g/mol. The van der Waals surface area contributed by atoms with E-state index in [1.54, 1.807) is 12.1 Å². The Bertz CT molecular complexity index is 715. The van der Waals surface area contributed by atoms with Gasteiger partial charge in [-0.2, -0.15) is 0 Å². The highest BCUT2D eigenvalue weighted by atomic mass is 35.5. The molecule has 1 atom stereocenters. The van der Waals surface area contributed by atoms with Crippen LogP contribution in [0, 0.1) is 11.8 Å². The quantitative estimate of drug-likeness (QED) is 0.827. The van der Waals surface area contributed by atoms with Gasteiger partial charge in [0.25, 0.3) is 0 Å². The van der Waals surface area contributed by atoms with E-state index in [0.29, 0.717) is 18.2 Å². The lowest BCUT2D eigenvalue weighted by Gasteiger charge is -2.29. The maximum Gasteiger partial charge on any atom is 0.179 e. The number of morpholine rings is 1. The van der Waals surface area contributed by atoms with E-state index in [2.05, 4.69) is 11.8 Å². The number of hydrogen-bond acceptors (Lipinski definition) is 2. The van der Waals surface area contributed by atoms with Gasteiger partial charge < -0.3 is 14.7 Å². The highest BCUT2D eigenvalue weighted by Gasteiger charge is 2.27. The minimum Gasteiger partial charge on any atom is -0.507 e. The second-order valence-corrected chi connectivity index (χ2v) is 5.98. The molecule has 0 spiro atoms. The molecule has 23 heavy (non-hydrogen) atoms. The zero-order chi connectivity index (χ0) is 16.1. The van der Waals surface area contributed by atoms with Crippen LogP contribution in [0.2, 0.25) is 5.02 Å². The Balaban J connectivity index is 1.96. The van der Waals surface area contributed by atoms with Crippen molar-refractivity contribution < 1.29 is 14.7 Å². The molecule has 1 heterocycles. The van der Waals surface area contributed by atoms with Gasteiger partial charge in [0, 0.05) is 10.6 Å². The molecule has 0 aliphatic carbocycles. The predicted octanol–water partition coefficient (Wildman–Crippen LogP) is 2.05. The molecule has 2 aromatic carbocycles. The summed E-state index contributed by atoms with van der Waals surface area (Å²) in [5.74, 6) is 6.79. The van der Waals surface area contributed by atoms with Crippen molar-refractivity contribution in [3.8, 4) is 17.6 Å². The van der Waals surface area contributed by atoms with E-state index >= 15 is 0 Å². The van der Waals surface area contributed by atoms with E-state index in [9.17, 15) is 5.11 Å². The summed E-state index contributed by atoms with van der Waals surface area (Å²) in [5.41, 5.74) is 1.74. The number of quaternary nitrogens is 1. The van der Waals surface area contributed by atoms with Crippen LogP contribution in [0.5, 0.6) is 5.75 Å². The first kappa shape index (κ1) is 15.9. The molecule has 0 unspecified atom stereocenters. The number of aromatic hydroxyl groups is 1. The lowest BCUT2D eigenvalue weighted by molar-refractivity contribution is -0.930. The molecular formula is C19H19ClNO2+. The molecule has 118 valence electrons. The Hall–Kier alpha value is -1.99. The molecule has 1 fully saturated rings. The van der Waals surface area contributed by atoms with Crippen LogP contribution >= 0.6 is 11.6 Å². The van der Waals surface area contributed by atoms with E-state index < -0.39 is 0 Å². The summed E-state index contributed by atoms with van der Waals surface area (Å²) in [6.07, 6.45) is 0. The van der Waals surface area contributed by atoms with Crippen molar-refractivity contribution in [2.75, 3.05) is 26.3 Å². The van der Waals surface area contributed by atoms with Gasteiger partial charge in [0.1, 0.15) is 18.8 Å². The van der Waals surface area contributed by atoms with E-state index in [0.717, 1.165) is 24.2 Å². The van der Waals surface area contributed by atoms with Crippen molar-refractivity contribution in [3.63, 3.8) is 0 Å². The molecule has 2 N–H and O–H groups in total. The number of hydrogen-bond donors (Lipinski definition) is 2. The summed E-state index contributed by atoms with van der Waals surface area (Å²) in [4.78, 5) is 1.29. The summed E-state index contributed by atoms with van der Waals surface area (Å²) in [5, 5.41) is 10.9. The first-order valence-electron chi connectivity index (χ1n) is 7.71. The van der Waals surface area contributed by atoms with Crippen molar-refractivity contribution in [2.45, 2.75) is 6.04 Å². The largest absolute Gasteiger partial charge is 0.507 e. The molecule has 3 rings (SSSR count). The van der Waals surface area contributed by atoms with Crippen LogP contribution in [0.15, 0.2) is 48.5 Å². The number of halogens is 1. The van der Waals surface area contributed by atoms with E-state index in [1.165, 1.54) is 4.90 Å². The summed E-state index contributed by atoms with van der Waals surface area (Å²) in [6, 6.07) is 14.9. The summed E-state index contributed by atoms with van der Waals surface area (Å²) in [6.45, 7) is 3.14. The van der Waals surface area contributed by atoms with Crippen molar-refractivity contribution in [1.82, 2.24) is 0 Å². The maximum atomic E-state index is 10.3. The summed E-state index contributed by atoms with van der Waals surface area (Å²) in [7, 11) is 0. The van der Waals surface area contributed by atoms with Gasteiger partial charge in [-0.3, -0.25) is 0 Å². The van der Waals surface area contributed by atoms with Gasteiger partial charge in [-0.25, -0.2) is 0 Å². The molecule has 0 bridgehead atoms. The van der Waals surface area contributed by atoms with Gasteiger partial charge >= 0.3 is 0 Å². The fraction of sp³-hybridized carbons (Fsp3) is 0.263. The van der Waals surface area contributed by atoms with Crippen LogP contribution in [-0.4, -0.2) is 31.4 Å². The van der Waals surface area contributed by atoms with Crippen LogP contribution in [0.1, 0.15) is 17.2 Å². The van der Waals surface area contributed by atoms with Crippen LogP contribution < -0.4 is 4.90 Å². The van der Waals surface area contributed by atoms with Gasteiger partial charge in [0.15, 0.2) is 6.04 Å². The van der Waals surface area contributed by atoms with Crippen LogP contribution in [0.3, 0.4) is 0 Å². The van der Waals surface area contributed by atoms with Crippen molar-refractivity contribution in [2.24, 2.45) is 0 Å². The lowest BCUT2D eigenvalue weighted by atomic mass is 10.0. The summed E-state index contributed by atoms with van der Waals surface area (Å²) < 4.78 is 5.44. The number of benzene rings is 2. The van der Waals surface area contributed by atoms with Crippen molar-refractivity contribution in [3.05, 3.63) is 64.7 Å². The van der Waals surface area contributed by atoms with Crippen LogP contribution in [0.4, 0.5) is 0 Å². The van der Waals surface area contributed by atoms with Crippen molar-refractivity contribution >= 4 is 11.6 Å². The normalized spacial score (nSPS) is 16.4. The molecule has 1 aliphatic rings. The second kappa shape index (κ2) is 7.52. The highest BCUT2D eigenvalue weighted by molar-refractivity contribution is 6.30. The topological polar surface area (TPSA) is 33.9 Å². The molecule has 2 aromatic rings. The predicted molar refractivity (Wildman–Crippen MR) is 90.7 cm³/mol. The minimum atomic E-state index is -0.127. The van der Waals surface area contributed by atoms with E-state index in [4.69, 9.17) is 16.3 Å². The maximum absolute atomic E-state index is 10.3. The molecule has 1 saturated heterocycles.